The van der Waals surface area contributed by atoms with Crippen molar-refractivity contribution >= 4 is 18.3 Å². The molecule has 4 nitrogen and oxygen atoms in total. The van der Waals surface area contributed by atoms with Crippen LogP contribution in [0.25, 0.3) is 0 Å². The Kier molecular flexibility index (Phi) is 5.52. The molecule has 0 radical (unpaired) electrons. The molecule has 0 spiro atoms. The first-order valence-electron chi connectivity index (χ1n) is 6.04. The smallest absolute Gasteiger partial charge is 0.222 e. The highest BCUT2D eigenvalue weighted by molar-refractivity contribution is 5.85. The van der Waals surface area contributed by atoms with Gasteiger partial charge in [0.25, 0.3) is 0 Å². The topological polar surface area (TPSA) is 35.6 Å². The number of halogens is 1. The Bertz CT molecular complexity index is 223. The molecule has 2 saturated heterocycles. The molecule has 2 aliphatic rings. The number of hydrogen-bond donors (Lipinski definition) is 1. The Labute approximate surface area is 104 Å². The Hall–Kier alpha value is -0.320. The summed E-state index contributed by atoms with van der Waals surface area (Å²) in [7, 11) is 0. The van der Waals surface area contributed by atoms with Crippen molar-refractivity contribution in [2.75, 3.05) is 39.3 Å². The van der Waals surface area contributed by atoms with Crippen LogP contribution in [0.4, 0.5) is 0 Å². The lowest BCUT2D eigenvalue weighted by molar-refractivity contribution is -0.132. The minimum absolute atomic E-state index is 0. The largest absolute Gasteiger partial charge is 0.340 e. The van der Waals surface area contributed by atoms with Crippen LogP contribution in [0.3, 0.4) is 0 Å². The predicted molar refractivity (Wildman–Crippen MR) is 67.0 cm³/mol. The van der Waals surface area contributed by atoms with E-state index in [4.69, 9.17) is 0 Å². The van der Waals surface area contributed by atoms with Crippen LogP contribution in [0.1, 0.15) is 19.8 Å². The Morgan fingerprint density at radius 1 is 1.31 bits per heavy atom. The zero-order valence-corrected chi connectivity index (χ0v) is 10.8. The van der Waals surface area contributed by atoms with E-state index < -0.39 is 0 Å². The second kappa shape index (κ2) is 6.42. The zero-order chi connectivity index (χ0) is 10.7. The molecule has 94 valence electrons. The standard InChI is InChI=1S/C11H21N3O.ClH/c1-2-11(15)14-7-5-13(6-8-14)10-3-4-12-9-10;/h10,12H,2-9H2,1H3;1H. The summed E-state index contributed by atoms with van der Waals surface area (Å²) in [5.41, 5.74) is 0. The molecule has 0 saturated carbocycles. The summed E-state index contributed by atoms with van der Waals surface area (Å²) >= 11 is 0. The third kappa shape index (κ3) is 3.09. The normalized spacial score (nSPS) is 26.6. The van der Waals surface area contributed by atoms with E-state index in [1.807, 2.05) is 11.8 Å². The fourth-order valence-corrected chi connectivity index (χ4v) is 2.51. The van der Waals surface area contributed by atoms with Crippen molar-refractivity contribution in [2.24, 2.45) is 0 Å². The summed E-state index contributed by atoms with van der Waals surface area (Å²) in [5.74, 6) is 0.305. The van der Waals surface area contributed by atoms with Gasteiger partial charge in [0.2, 0.25) is 5.91 Å². The second-order valence-corrected chi connectivity index (χ2v) is 4.42. The number of hydrogen-bond acceptors (Lipinski definition) is 3. The quantitative estimate of drug-likeness (QED) is 0.764. The number of rotatable bonds is 2. The number of piperazine rings is 1. The number of carbonyl (C=O) groups excluding carboxylic acids is 1. The zero-order valence-electron chi connectivity index (χ0n) is 9.95. The van der Waals surface area contributed by atoms with E-state index in [1.54, 1.807) is 0 Å². The molecule has 0 aromatic rings. The van der Waals surface area contributed by atoms with Crippen molar-refractivity contribution in [3.05, 3.63) is 0 Å². The number of amides is 1. The first-order chi connectivity index (χ1) is 7.31. The van der Waals surface area contributed by atoms with Crippen LogP contribution in [-0.2, 0) is 4.79 Å². The van der Waals surface area contributed by atoms with E-state index in [9.17, 15) is 4.79 Å². The molecule has 1 N–H and O–H groups in total. The predicted octanol–water partition coefficient (Wildman–Crippen LogP) is 0.324. The average Bonchev–Trinajstić information content (AvgIpc) is 2.82. The van der Waals surface area contributed by atoms with Crippen LogP contribution in [0.5, 0.6) is 0 Å². The summed E-state index contributed by atoms with van der Waals surface area (Å²) in [5, 5.41) is 3.39. The van der Waals surface area contributed by atoms with Gasteiger partial charge in [0.1, 0.15) is 0 Å². The molecule has 0 aliphatic carbocycles. The van der Waals surface area contributed by atoms with E-state index in [0.29, 0.717) is 18.4 Å². The molecule has 1 atom stereocenters. The van der Waals surface area contributed by atoms with Gasteiger partial charge in [-0.05, 0) is 13.0 Å². The number of nitrogens with zero attached hydrogens (tertiary/aromatic N) is 2. The molecular weight excluding hydrogens is 226 g/mol. The summed E-state index contributed by atoms with van der Waals surface area (Å²) in [6.07, 6.45) is 1.91. The fraction of sp³-hybridized carbons (Fsp3) is 0.909. The van der Waals surface area contributed by atoms with Crippen molar-refractivity contribution in [3.63, 3.8) is 0 Å². The maximum absolute atomic E-state index is 11.5. The fourth-order valence-electron chi connectivity index (χ4n) is 2.51. The lowest BCUT2D eigenvalue weighted by Gasteiger charge is -2.37. The second-order valence-electron chi connectivity index (χ2n) is 4.42. The van der Waals surface area contributed by atoms with E-state index in [1.165, 1.54) is 6.42 Å². The van der Waals surface area contributed by atoms with Crippen molar-refractivity contribution in [1.29, 1.82) is 0 Å². The van der Waals surface area contributed by atoms with Gasteiger partial charge in [-0.15, -0.1) is 12.4 Å². The Morgan fingerprint density at radius 3 is 2.50 bits per heavy atom. The van der Waals surface area contributed by atoms with Crippen LogP contribution in [-0.4, -0.2) is 61.0 Å². The van der Waals surface area contributed by atoms with Gasteiger partial charge < -0.3 is 10.2 Å². The Balaban J connectivity index is 0.00000128. The molecule has 0 aromatic heterocycles. The summed E-state index contributed by atoms with van der Waals surface area (Å²) in [4.78, 5) is 16.0. The van der Waals surface area contributed by atoms with Crippen molar-refractivity contribution < 1.29 is 4.79 Å². The summed E-state index contributed by atoms with van der Waals surface area (Å²) in [6, 6.07) is 0.712. The van der Waals surface area contributed by atoms with Gasteiger partial charge >= 0.3 is 0 Å². The summed E-state index contributed by atoms with van der Waals surface area (Å²) < 4.78 is 0. The van der Waals surface area contributed by atoms with Gasteiger partial charge in [0.05, 0.1) is 0 Å². The van der Waals surface area contributed by atoms with Crippen LogP contribution in [0, 0.1) is 0 Å². The first kappa shape index (κ1) is 13.7. The van der Waals surface area contributed by atoms with Gasteiger partial charge in [-0.3, -0.25) is 9.69 Å². The third-order valence-corrected chi connectivity index (χ3v) is 3.52. The van der Waals surface area contributed by atoms with Gasteiger partial charge in [0, 0.05) is 45.2 Å². The SMILES string of the molecule is CCC(=O)N1CCN(C2CCNC2)CC1.Cl. The van der Waals surface area contributed by atoms with E-state index in [2.05, 4.69) is 10.2 Å². The van der Waals surface area contributed by atoms with Crippen molar-refractivity contribution in [2.45, 2.75) is 25.8 Å². The van der Waals surface area contributed by atoms with Crippen LogP contribution >= 0.6 is 12.4 Å². The molecule has 2 rings (SSSR count). The number of carbonyl (C=O) groups is 1. The monoisotopic (exact) mass is 247 g/mol. The van der Waals surface area contributed by atoms with Gasteiger partial charge in [-0.1, -0.05) is 6.92 Å². The maximum atomic E-state index is 11.5. The van der Waals surface area contributed by atoms with Crippen molar-refractivity contribution in [3.8, 4) is 0 Å². The molecule has 2 fully saturated rings. The summed E-state index contributed by atoms with van der Waals surface area (Å²) in [6.45, 7) is 8.17. The molecule has 2 aliphatic heterocycles. The lowest BCUT2D eigenvalue weighted by Crippen LogP contribution is -2.52. The highest BCUT2D eigenvalue weighted by Gasteiger charge is 2.26. The van der Waals surface area contributed by atoms with Gasteiger partial charge in [-0.2, -0.15) is 0 Å². The Morgan fingerprint density at radius 2 is 2.00 bits per heavy atom. The van der Waals surface area contributed by atoms with Gasteiger partial charge in [-0.25, -0.2) is 0 Å². The van der Waals surface area contributed by atoms with E-state index >= 15 is 0 Å². The first-order valence-corrected chi connectivity index (χ1v) is 6.04. The molecule has 1 unspecified atom stereocenters. The van der Waals surface area contributed by atoms with E-state index in [-0.39, 0.29) is 12.4 Å². The highest BCUT2D eigenvalue weighted by atomic mass is 35.5. The maximum Gasteiger partial charge on any atom is 0.222 e. The molecular formula is C11H22ClN3O. The minimum atomic E-state index is 0. The van der Waals surface area contributed by atoms with Gasteiger partial charge in [0.15, 0.2) is 0 Å². The molecule has 16 heavy (non-hydrogen) atoms. The molecule has 0 aromatic carbocycles. The molecule has 5 heteroatoms. The highest BCUT2D eigenvalue weighted by Crippen LogP contribution is 2.12. The van der Waals surface area contributed by atoms with Crippen LogP contribution in [0.15, 0.2) is 0 Å². The average molecular weight is 248 g/mol. The third-order valence-electron chi connectivity index (χ3n) is 3.52. The molecule has 0 bridgehead atoms. The lowest BCUT2D eigenvalue weighted by atomic mass is 10.2. The molecule has 1 amide bonds. The van der Waals surface area contributed by atoms with E-state index in [0.717, 1.165) is 39.3 Å². The van der Waals surface area contributed by atoms with Crippen LogP contribution < -0.4 is 5.32 Å². The van der Waals surface area contributed by atoms with Crippen molar-refractivity contribution in [1.82, 2.24) is 15.1 Å². The molecule has 2 heterocycles. The number of nitrogens with one attached hydrogen (secondary N) is 1. The minimum Gasteiger partial charge on any atom is -0.340 e. The van der Waals surface area contributed by atoms with Crippen LogP contribution in [0.2, 0.25) is 0 Å².